The number of nitrogens with zero attached hydrogens (tertiary/aromatic N) is 3. The third-order valence-electron chi connectivity index (χ3n) is 11.3. The van der Waals surface area contributed by atoms with Gasteiger partial charge in [-0.1, -0.05) is 141 Å². The highest BCUT2D eigenvalue weighted by molar-refractivity contribution is 6.07. The molecule has 1 aliphatic carbocycles. The second-order valence-corrected chi connectivity index (χ2v) is 14.8. The minimum Gasteiger partial charge on any atom is -0.456 e. The summed E-state index contributed by atoms with van der Waals surface area (Å²) < 4.78 is 6.32. The number of benzene rings is 8. The van der Waals surface area contributed by atoms with Crippen molar-refractivity contribution in [2.24, 2.45) is 0 Å². The Balaban J connectivity index is 1.12. The molecular formula is C50H33N3O. The van der Waals surface area contributed by atoms with Gasteiger partial charge in [0, 0.05) is 32.9 Å². The summed E-state index contributed by atoms with van der Waals surface area (Å²) in [5.74, 6) is 1.86. The predicted octanol–water partition coefficient (Wildman–Crippen LogP) is 13.1. The van der Waals surface area contributed by atoms with E-state index in [0.29, 0.717) is 17.5 Å². The molecule has 4 nitrogen and oxygen atoms in total. The third kappa shape index (κ3) is 4.66. The second-order valence-electron chi connectivity index (χ2n) is 14.8. The first-order valence-electron chi connectivity index (χ1n) is 18.4. The number of rotatable bonds is 4. The zero-order valence-electron chi connectivity index (χ0n) is 29.8. The molecule has 2 aromatic heterocycles. The summed E-state index contributed by atoms with van der Waals surface area (Å²) in [5, 5.41) is 6.85. The minimum atomic E-state index is -0.151. The van der Waals surface area contributed by atoms with Gasteiger partial charge in [-0.15, -0.1) is 0 Å². The molecule has 0 saturated carbocycles. The van der Waals surface area contributed by atoms with E-state index < -0.39 is 0 Å². The maximum absolute atomic E-state index is 6.32. The van der Waals surface area contributed by atoms with E-state index in [2.05, 4.69) is 159 Å². The molecule has 4 heteroatoms. The minimum absolute atomic E-state index is 0.151. The van der Waals surface area contributed by atoms with Gasteiger partial charge in [0.05, 0.1) is 0 Å². The largest absolute Gasteiger partial charge is 0.456 e. The fourth-order valence-corrected chi connectivity index (χ4v) is 8.57. The fourth-order valence-electron chi connectivity index (χ4n) is 8.57. The van der Waals surface area contributed by atoms with Crippen LogP contribution in [-0.2, 0) is 5.41 Å². The lowest BCUT2D eigenvalue weighted by Gasteiger charge is -2.21. The molecule has 10 aromatic rings. The van der Waals surface area contributed by atoms with Gasteiger partial charge in [0.2, 0.25) is 0 Å². The van der Waals surface area contributed by atoms with Gasteiger partial charge >= 0.3 is 0 Å². The van der Waals surface area contributed by atoms with Crippen LogP contribution in [0.4, 0.5) is 0 Å². The molecule has 0 fully saturated rings. The average molecular weight is 692 g/mol. The maximum atomic E-state index is 6.32. The number of fused-ring (bicyclic) bond motifs is 8. The lowest BCUT2D eigenvalue weighted by atomic mass is 9.82. The Morgan fingerprint density at radius 3 is 1.80 bits per heavy atom. The van der Waals surface area contributed by atoms with Gasteiger partial charge in [0.25, 0.3) is 0 Å². The summed E-state index contributed by atoms with van der Waals surface area (Å²) in [6.07, 6.45) is 0. The molecular weight excluding hydrogens is 659 g/mol. The fraction of sp³-hybridized carbons (Fsp3) is 0.0600. The van der Waals surface area contributed by atoms with E-state index >= 15 is 0 Å². The molecule has 0 aliphatic heterocycles. The highest BCUT2D eigenvalue weighted by Gasteiger charge is 2.35. The molecule has 54 heavy (non-hydrogen) atoms. The molecule has 0 spiro atoms. The van der Waals surface area contributed by atoms with Crippen LogP contribution < -0.4 is 0 Å². The van der Waals surface area contributed by atoms with Crippen molar-refractivity contribution in [2.75, 3.05) is 0 Å². The second kappa shape index (κ2) is 11.5. The van der Waals surface area contributed by atoms with E-state index in [4.69, 9.17) is 19.4 Å². The van der Waals surface area contributed by atoms with Gasteiger partial charge in [-0.2, -0.15) is 0 Å². The summed E-state index contributed by atoms with van der Waals surface area (Å²) >= 11 is 0. The van der Waals surface area contributed by atoms with E-state index in [1.807, 2.05) is 18.2 Å². The molecule has 0 bridgehead atoms. The summed E-state index contributed by atoms with van der Waals surface area (Å²) in [6, 6.07) is 57.9. The van der Waals surface area contributed by atoms with Gasteiger partial charge in [-0.25, -0.2) is 15.0 Å². The molecule has 11 rings (SSSR count). The van der Waals surface area contributed by atoms with Crippen molar-refractivity contribution in [3.8, 4) is 56.4 Å². The smallest absolute Gasteiger partial charge is 0.164 e. The molecule has 0 unspecified atom stereocenters. The zero-order chi connectivity index (χ0) is 36.0. The monoisotopic (exact) mass is 691 g/mol. The predicted molar refractivity (Wildman–Crippen MR) is 221 cm³/mol. The average Bonchev–Trinajstić information content (AvgIpc) is 3.71. The normalized spacial score (nSPS) is 13.1. The van der Waals surface area contributed by atoms with Crippen molar-refractivity contribution in [2.45, 2.75) is 19.3 Å². The molecule has 0 atom stereocenters. The third-order valence-corrected chi connectivity index (χ3v) is 11.3. The standard InChI is InChI=1S/C50H33N3O/c1-50(2)43-17-9-7-15-38(43)39-23-21-33(28-44(39)50)47-51-48(34-22-24-41-40-16-8-10-18-45(40)54-46(41)29-34)53-49(52-47)42-26-25-35(36-13-5-6-14-37(36)42)32-20-19-30-11-3-4-12-31(30)27-32/h3-29H,1-2H3. The molecule has 1 aliphatic rings. The molecule has 254 valence electrons. The van der Waals surface area contributed by atoms with Crippen molar-refractivity contribution >= 4 is 43.5 Å². The van der Waals surface area contributed by atoms with Crippen LogP contribution in [0.2, 0.25) is 0 Å². The van der Waals surface area contributed by atoms with E-state index in [9.17, 15) is 0 Å². The van der Waals surface area contributed by atoms with Gasteiger partial charge in [0.15, 0.2) is 17.5 Å². The van der Waals surface area contributed by atoms with Gasteiger partial charge in [0.1, 0.15) is 11.2 Å². The first-order valence-corrected chi connectivity index (χ1v) is 18.4. The highest BCUT2D eigenvalue weighted by atomic mass is 16.3. The van der Waals surface area contributed by atoms with Crippen LogP contribution in [0.15, 0.2) is 168 Å². The van der Waals surface area contributed by atoms with E-state index in [-0.39, 0.29) is 5.41 Å². The van der Waals surface area contributed by atoms with Crippen molar-refractivity contribution in [1.82, 2.24) is 15.0 Å². The van der Waals surface area contributed by atoms with Crippen LogP contribution in [0.1, 0.15) is 25.0 Å². The van der Waals surface area contributed by atoms with Crippen molar-refractivity contribution in [3.05, 3.63) is 175 Å². The highest BCUT2D eigenvalue weighted by Crippen LogP contribution is 2.49. The van der Waals surface area contributed by atoms with Gasteiger partial charge in [-0.3, -0.25) is 0 Å². The zero-order valence-corrected chi connectivity index (χ0v) is 29.8. The number of aromatic nitrogens is 3. The van der Waals surface area contributed by atoms with E-state index in [1.165, 1.54) is 44.2 Å². The Kier molecular flexibility index (Phi) is 6.56. The maximum Gasteiger partial charge on any atom is 0.164 e. The Labute approximate surface area is 312 Å². The van der Waals surface area contributed by atoms with E-state index in [1.54, 1.807) is 0 Å². The molecule has 2 heterocycles. The summed E-state index contributed by atoms with van der Waals surface area (Å²) in [5.41, 5.74) is 11.8. The molecule has 0 N–H and O–H groups in total. The Morgan fingerprint density at radius 1 is 0.370 bits per heavy atom. The Hall–Kier alpha value is -6.91. The molecule has 0 radical (unpaired) electrons. The van der Waals surface area contributed by atoms with Crippen LogP contribution >= 0.6 is 0 Å². The summed E-state index contributed by atoms with van der Waals surface area (Å²) in [7, 11) is 0. The number of para-hydroxylation sites is 1. The number of hydrogen-bond donors (Lipinski definition) is 0. The molecule has 0 amide bonds. The van der Waals surface area contributed by atoms with Crippen LogP contribution in [0.25, 0.3) is 99.9 Å². The SMILES string of the molecule is CC1(C)c2ccccc2-c2ccc(-c3nc(-c4ccc5c(c4)oc4ccccc45)nc(-c4ccc(-c5ccc6ccccc6c5)c5ccccc45)n3)cc21. The quantitative estimate of drug-likeness (QED) is 0.184. The van der Waals surface area contributed by atoms with Crippen LogP contribution in [0, 0.1) is 0 Å². The topological polar surface area (TPSA) is 51.8 Å². The van der Waals surface area contributed by atoms with Gasteiger partial charge < -0.3 is 4.42 Å². The van der Waals surface area contributed by atoms with Crippen LogP contribution in [0.3, 0.4) is 0 Å². The van der Waals surface area contributed by atoms with Crippen molar-refractivity contribution in [1.29, 1.82) is 0 Å². The van der Waals surface area contributed by atoms with Crippen LogP contribution in [0.5, 0.6) is 0 Å². The Bertz CT molecular complexity index is 3150. The lowest BCUT2D eigenvalue weighted by molar-refractivity contribution is 0.660. The van der Waals surface area contributed by atoms with Gasteiger partial charge in [-0.05, 0) is 91.3 Å². The van der Waals surface area contributed by atoms with Crippen LogP contribution in [-0.4, -0.2) is 15.0 Å². The lowest BCUT2D eigenvalue weighted by Crippen LogP contribution is -2.15. The Morgan fingerprint density at radius 2 is 0.944 bits per heavy atom. The molecule has 0 saturated heterocycles. The first kappa shape index (κ1) is 30.7. The molecule has 8 aromatic carbocycles. The number of hydrogen-bond acceptors (Lipinski definition) is 4. The van der Waals surface area contributed by atoms with E-state index in [0.717, 1.165) is 49.4 Å². The summed E-state index contributed by atoms with van der Waals surface area (Å²) in [4.78, 5) is 15.7. The number of furan rings is 1. The first-order chi connectivity index (χ1) is 26.5. The summed E-state index contributed by atoms with van der Waals surface area (Å²) in [6.45, 7) is 4.61. The van der Waals surface area contributed by atoms with Crippen molar-refractivity contribution < 1.29 is 4.42 Å². The van der Waals surface area contributed by atoms with Crippen molar-refractivity contribution in [3.63, 3.8) is 0 Å².